The average molecular weight is 385 g/mol. The normalized spacial score (nSPS) is 16.4. The van der Waals surface area contributed by atoms with Crippen LogP contribution in [0.3, 0.4) is 0 Å². The molecule has 4 heterocycles. The van der Waals surface area contributed by atoms with Gasteiger partial charge in [0.2, 0.25) is 0 Å². The Kier molecular flexibility index (Phi) is 3.54. The van der Waals surface area contributed by atoms with Crippen molar-refractivity contribution in [2.75, 3.05) is 18.0 Å². The second-order valence-electron chi connectivity index (χ2n) is 8.13. The van der Waals surface area contributed by atoms with Crippen LogP contribution in [-0.4, -0.2) is 42.6 Å². The summed E-state index contributed by atoms with van der Waals surface area (Å²) in [6, 6.07) is 8.93. The number of hydrogen-bond donors (Lipinski definition) is 0. The maximum Gasteiger partial charge on any atom is 0.158 e. The van der Waals surface area contributed by atoms with Crippen molar-refractivity contribution in [3.05, 3.63) is 48.0 Å². The van der Waals surface area contributed by atoms with Crippen molar-refractivity contribution in [1.82, 2.24) is 29.5 Å². The van der Waals surface area contributed by atoms with E-state index in [1.165, 1.54) is 24.8 Å². The summed E-state index contributed by atoms with van der Waals surface area (Å²) in [6.45, 7) is 4.06. The third-order valence-electron chi connectivity index (χ3n) is 6.14. The van der Waals surface area contributed by atoms with Crippen molar-refractivity contribution in [1.29, 1.82) is 0 Å². The molecule has 0 unspecified atom stereocenters. The first-order valence-electron chi connectivity index (χ1n) is 10.3. The second-order valence-corrected chi connectivity index (χ2v) is 8.13. The molecule has 2 aliphatic rings. The van der Waals surface area contributed by atoms with E-state index in [1.807, 2.05) is 29.5 Å². The van der Waals surface area contributed by atoms with Gasteiger partial charge < -0.3 is 4.90 Å². The minimum atomic E-state index is 0.754. The van der Waals surface area contributed by atoms with Crippen LogP contribution >= 0.6 is 0 Å². The Morgan fingerprint density at radius 2 is 1.83 bits per heavy atom. The molecule has 6 rings (SSSR count). The molecule has 1 aromatic carbocycles. The third kappa shape index (κ3) is 2.57. The lowest BCUT2D eigenvalue weighted by molar-refractivity contribution is 0.610. The summed E-state index contributed by atoms with van der Waals surface area (Å²) in [4.78, 5) is 11.4. The van der Waals surface area contributed by atoms with Crippen molar-refractivity contribution in [2.24, 2.45) is 7.05 Å². The van der Waals surface area contributed by atoms with E-state index in [-0.39, 0.29) is 0 Å². The van der Waals surface area contributed by atoms with Gasteiger partial charge in [0.1, 0.15) is 23.0 Å². The lowest BCUT2D eigenvalue weighted by atomic mass is 10.1. The predicted octanol–water partition coefficient (Wildman–Crippen LogP) is 3.61. The number of hydrogen-bond acceptors (Lipinski definition) is 5. The van der Waals surface area contributed by atoms with Crippen LogP contribution in [0.15, 0.2) is 36.8 Å². The lowest BCUT2D eigenvalue weighted by Gasteiger charge is -2.32. The van der Waals surface area contributed by atoms with Gasteiger partial charge in [0.05, 0.1) is 17.6 Å². The second kappa shape index (κ2) is 6.14. The maximum atomic E-state index is 4.85. The van der Waals surface area contributed by atoms with Crippen LogP contribution in [0, 0.1) is 6.92 Å². The fraction of sp³-hybridized carbons (Fsp3) is 0.364. The van der Waals surface area contributed by atoms with E-state index in [4.69, 9.17) is 5.10 Å². The van der Waals surface area contributed by atoms with Gasteiger partial charge in [0, 0.05) is 25.7 Å². The Hall–Kier alpha value is -3.22. The lowest BCUT2D eigenvalue weighted by Crippen LogP contribution is -2.38. The summed E-state index contributed by atoms with van der Waals surface area (Å²) in [6.07, 6.45) is 7.37. The highest BCUT2D eigenvalue weighted by molar-refractivity contribution is 5.90. The van der Waals surface area contributed by atoms with Crippen LogP contribution in [0.4, 0.5) is 5.82 Å². The number of aryl methyl sites for hydroxylation is 2. The van der Waals surface area contributed by atoms with Crippen LogP contribution < -0.4 is 4.90 Å². The third-order valence-corrected chi connectivity index (χ3v) is 6.14. The molecule has 4 aromatic rings. The smallest absolute Gasteiger partial charge is 0.158 e. The number of nitrogens with zero attached hydrogens (tertiary/aromatic N) is 7. The summed E-state index contributed by atoms with van der Waals surface area (Å²) in [5, 5.41) is 9.42. The van der Waals surface area contributed by atoms with Crippen LogP contribution in [0.1, 0.15) is 36.4 Å². The summed E-state index contributed by atoms with van der Waals surface area (Å²) in [5.74, 6) is 1.71. The maximum absolute atomic E-state index is 4.85. The number of benzene rings is 1. The summed E-state index contributed by atoms with van der Waals surface area (Å²) in [5.41, 5.74) is 7.37. The molecular weight excluding hydrogens is 362 g/mol. The molecule has 2 fully saturated rings. The minimum Gasteiger partial charge on any atom is -0.355 e. The Balaban J connectivity index is 1.54. The van der Waals surface area contributed by atoms with Crippen LogP contribution in [0.5, 0.6) is 0 Å². The minimum absolute atomic E-state index is 0.754. The van der Waals surface area contributed by atoms with Gasteiger partial charge >= 0.3 is 0 Å². The highest BCUT2D eigenvalue weighted by Gasteiger charge is 2.26. The van der Waals surface area contributed by atoms with E-state index >= 15 is 0 Å². The van der Waals surface area contributed by atoms with Gasteiger partial charge in [-0.05, 0) is 37.7 Å². The zero-order valence-corrected chi connectivity index (χ0v) is 16.7. The average Bonchev–Trinajstić information content (AvgIpc) is 3.39. The molecule has 3 aromatic heterocycles. The molecule has 1 saturated carbocycles. The molecule has 0 spiro atoms. The topological polar surface area (TPSA) is 64.7 Å². The van der Waals surface area contributed by atoms with Gasteiger partial charge in [0.15, 0.2) is 5.82 Å². The number of rotatable bonds is 4. The fourth-order valence-electron chi connectivity index (χ4n) is 4.26. The van der Waals surface area contributed by atoms with Gasteiger partial charge in [-0.25, -0.2) is 14.6 Å². The molecule has 1 saturated heterocycles. The molecule has 7 heteroatoms. The SMILES string of the molecule is Cc1nn(-c2cnn(C)c2-c2ccc(C3CC3)cc2)c2c(N3CCC3)ncnc12. The van der Waals surface area contributed by atoms with Crippen molar-refractivity contribution in [3.63, 3.8) is 0 Å². The Morgan fingerprint density at radius 3 is 2.52 bits per heavy atom. The highest BCUT2D eigenvalue weighted by atomic mass is 15.4. The Labute approximate surface area is 169 Å². The number of anilines is 1. The van der Waals surface area contributed by atoms with Gasteiger partial charge in [-0.2, -0.15) is 10.2 Å². The van der Waals surface area contributed by atoms with E-state index in [1.54, 1.807) is 6.33 Å². The quantitative estimate of drug-likeness (QED) is 0.537. The molecular formula is C22H23N7. The van der Waals surface area contributed by atoms with Gasteiger partial charge in [-0.15, -0.1) is 0 Å². The fourth-order valence-corrected chi connectivity index (χ4v) is 4.26. The molecule has 0 atom stereocenters. The predicted molar refractivity (Wildman–Crippen MR) is 112 cm³/mol. The first-order chi connectivity index (χ1) is 14.2. The van der Waals surface area contributed by atoms with Crippen molar-refractivity contribution < 1.29 is 0 Å². The molecule has 1 aliphatic heterocycles. The molecule has 0 amide bonds. The molecule has 29 heavy (non-hydrogen) atoms. The van der Waals surface area contributed by atoms with E-state index in [9.17, 15) is 0 Å². The van der Waals surface area contributed by atoms with Crippen molar-refractivity contribution >= 4 is 16.9 Å². The van der Waals surface area contributed by atoms with E-state index in [0.29, 0.717) is 0 Å². The van der Waals surface area contributed by atoms with Crippen molar-refractivity contribution in [3.8, 4) is 16.9 Å². The van der Waals surface area contributed by atoms with E-state index in [0.717, 1.165) is 58.5 Å². The van der Waals surface area contributed by atoms with Gasteiger partial charge in [-0.1, -0.05) is 24.3 Å². The summed E-state index contributed by atoms with van der Waals surface area (Å²) in [7, 11) is 1.99. The zero-order valence-electron chi connectivity index (χ0n) is 16.7. The first-order valence-corrected chi connectivity index (χ1v) is 10.3. The molecule has 0 radical (unpaired) electrons. The molecule has 0 N–H and O–H groups in total. The van der Waals surface area contributed by atoms with E-state index < -0.39 is 0 Å². The molecule has 0 bridgehead atoms. The summed E-state index contributed by atoms with van der Waals surface area (Å²) < 4.78 is 3.91. The zero-order chi connectivity index (χ0) is 19.5. The Morgan fingerprint density at radius 1 is 1.03 bits per heavy atom. The van der Waals surface area contributed by atoms with Crippen LogP contribution in [-0.2, 0) is 7.05 Å². The molecule has 1 aliphatic carbocycles. The van der Waals surface area contributed by atoms with Crippen molar-refractivity contribution in [2.45, 2.75) is 32.1 Å². The van der Waals surface area contributed by atoms with Gasteiger partial charge in [0.25, 0.3) is 0 Å². The van der Waals surface area contributed by atoms with Crippen LogP contribution in [0.25, 0.3) is 28.0 Å². The van der Waals surface area contributed by atoms with Crippen LogP contribution in [0.2, 0.25) is 0 Å². The number of aromatic nitrogens is 6. The highest BCUT2D eigenvalue weighted by Crippen LogP contribution is 2.41. The molecule has 7 nitrogen and oxygen atoms in total. The van der Waals surface area contributed by atoms with E-state index in [2.05, 4.69) is 44.2 Å². The largest absolute Gasteiger partial charge is 0.355 e. The Bertz CT molecular complexity index is 1210. The number of fused-ring (bicyclic) bond motifs is 1. The monoisotopic (exact) mass is 385 g/mol. The molecule has 146 valence electrons. The first kappa shape index (κ1) is 16.7. The standard InChI is InChI=1S/C22H23N7/c1-14-19-21(22(24-13-23-19)28-10-3-11-28)29(26-14)18-12-25-27(2)20(18)17-8-6-16(7-9-17)15-4-5-15/h6-9,12-13,15H,3-5,10-11H2,1-2H3. The summed E-state index contributed by atoms with van der Waals surface area (Å²) >= 11 is 0. The van der Waals surface area contributed by atoms with Gasteiger partial charge in [-0.3, -0.25) is 4.68 Å².